The van der Waals surface area contributed by atoms with Crippen LogP contribution in [-0.4, -0.2) is 16.1 Å². The second-order valence-electron chi connectivity index (χ2n) is 3.15. The Morgan fingerprint density at radius 2 is 2.46 bits per heavy atom. The Morgan fingerprint density at radius 1 is 1.69 bits per heavy atom. The minimum Gasteiger partial charge on any atom is -0.481 e. The lowest BCUT2D eigenvalue weighted by Gasteiger charge is -2.16. The highest BCUT2D eigenvalue weighted by molar-refractivity contribution is 7.15. The molecule has 0 saturated heterocycles. The van der Waals surface area contributed by atoms with Crippen molar-refractivity contribution in [1.82, 2.24) is 4.98 Å². The van der Waals surface area contributed by atoms with E-state index in [-0.39, 0.29) is 5.92 Å². The second-order valence-corrected chi connectivity index (χ2v) is 4.21. The monoisotopic (exact) mass is 198 g/mol. The molecule has 1 atom stereocenters. The number of carbonyl (C=O) groups is 1. The third-order valence-electron chi connectivity index (χ3n) is 2.27. The lowest BCUT2D eigenvalue weighted by atomic mass is 9.92. The Balaban J connectivity index is 2.41. The van der Waals surface area contributed by atoms with Crippen LogP contribution < -0.4 is 5.73 Å². The lowest BCUT2D eigenvalue weighted by molar-refractivity contribution is -0.139. The fourth-order valence-electron chi connectivity index (χ4n) is 1.67. The van der Waals surface area contributed by atoms with Gasteiger partial charge in [-0.3, -0.25) is 4.79 Å². The third-order valence-corrected chi connectivity index (χ3v) is 3.31. The van der Waals surface area contributed by atoms with Crippen molar-refractivity contribution in [2.24, 2.45) is 0 Å². The number of nitrogens with zero attached hydrogens (tertiary/aromatic N) is 1. The number of aliphatic carboxylic acids is 1. The highest BCUT2D eigenvalue weighted by Gasteiger charge is 2.29. The van der Waals surface area contributed by atoms with Crippen molar-refractivity contribution < 1.29 is 9.90 Å². The van der Waals surface area contributed by atoms with E-state index in [1.54, 1.807) is 0 Å². The molecule has 1 aliphatic rings. The molecule has 0 amide bonds. The maximum atomic E-state index is 10.9. The first-order valence-corrected chi connectivity index (χ1v) is 4.98. The van der Waals surface area contributed by atoms with Crippen molar-refractivity contribution in [2.45, 2.75) is 25.2 Å². The summed E-state index contributed by atoms with van der Waals surface area (Å²) in [7, 11) is 0. The molecule has 13 heavy (non-hydrogen) atoms. The number of hydrogen-bond donors (Lipinski definition) is 2. The van der Waals surface area contributed by atoms with Crippen molar-refractivity contribution >= 4 is 22.4 Å². The predicted octanol–water partition coefficient (Wildman–Crippen LogP) is 1.23. The van der Waals surface area contributed by atoms with E-state index in [0.29, 0.717) is 11.6 Å². The van der Waals surface area contributed by atoms with Crippen LogP contribution in [0.3, 0.4) is 0 Å². The molecule has 3 N–H and O–H groups in total. The van der Waals surface area contributed by atoms with Crippen LogP contribution in [0.25, 0.3) is 0 Å². The molecule has 70 valence electrons. The first-order valence-electron chi connectivity index (χ1n) is 4.16. The van der Waals surface area contributed by atoms with Gasteiger partial charge in [0.25, 0.3) is 0 Å². The maximum absolute atomic E-state index is 10.9. The Hall–Kier alpha value is -1.10. The molecule has 0 bridgehead atoms. The topological polar surface area (TPSA) is 76.2 Å². The number of nitrogen functional groups attached to an aromatic ring is 1. The number of carboxylic acid groups (broad SMARTS) is 1. The Labute approximate surface area is 79.4 Å². The molecule has 1 aromatic heterocycles. The zero-order chi connectivity index (χ0) is 9.42. The molecule has 0 fully saturated rings. The van der Waals surface area contributed by atoms with Gasteiger partial charge in [0.1, 0.15) is 0 Å². The number of anilines is 1. The Bertz CT molecular complexity index is 348. The van der Waals surface area contributed by atoms with Crippen LogP contribution in [0.4, 0.5) is 5.13 Å². The quantitative estimate of drug-likeness (QED) is 0.711. The summed E-state index contributed by atoms with van der Waals surface area (Å²) in [4.78, 5) is 15.8. The standard InChI is InChI=1S/C8H10N2O2S/c9-8-10-5-3-1-2-4(7(11)12)6(5)13-8/h4H,1-3H2,(H2,9,10)(H,11,12)/t4-/m0/s1. The third kappa shape index (κ3) is 1.39. The van der Waals surface area contributed by atoms with E-state index in [1.807, 2.05) is 0 Å². The summed E-state index contributed by atoms with van der Waals surface area (Å²) >= 11 is 1.31. The van der Waals surface area contributed by atoms with E-state index in [4.69, 9.17) is 10.8 Å². The van der Waals surface area contributed by atoms with Crippen LogP contribution in [0, 0.1) is 0 Å². The zero-order valence-electron chi connectivity index (χ0n) is 6.99. The van der Waals surface area contributed by atoms with E-state index in [9.17, 15) is 4.79 Å². The van der Waals surface area contributed by atoms with E-state index in [0.717, 1.165) is 23.4 Å². The van der Waals surface area contributed by atoms with Gasteiger partial charge in [-0.1, -0.05) is 0 Å². The first kappa shape index (κ1) is 8.50. The molecule has 1 heterocycles. The summed E-state index contributed by atoms with van der Waals surface area (Å²) < 4.78 is 0. The fourth-order valence-corrected chi connectivity index (χ4v) is 2.68. The van der Waals surface area contributed by atoms with Crippen LogP contribution in [0.5, 0.6) is 0 Å². The summed E-state index contributed by atoms with van der Waals surface area (Å²) in [6.07, 6.45) is 2.48. The minimum absolute atomic E-state index is 0.376. The number of aromatic nitrogens is 1. The van der Waals surface area contributed by atoms with Crippen molar-refractivity contribution in [1.29, 1.82) is 0 Å². The van der Waals surface area contributed by atoms with Crippen molar-refractivity contribution in [3.63, 3.8) is 0 Å². The fraction of sp³-hybridized carbons (Fsp3) is 0.500. The van der Waals surface area contributed by atoms with Gasteiger partial charge >= 0.3 is 5.97 Å². The van der Waals surface area contributed by atoms with Crippen LogP contribution in [0.15, 0.2) is 0 Å². The van der Waals surface area contributed by atoms with E-state index in [2.05, 4.69) is 4.98 Å². The number of aryl methyl sites for hydroxylation is 1. The van der Waals surface area contributed by atoms with E-state index >= 15 is 0 Å². The Kier molecular flexibility index (Phi) is 1.95. The van der Waals surface area contributed by atoms with Crippen molar-refractivity contribution in [3.05, 3.63) is 10.6 Å². The van der Waals surface area contributed by atoms with Crippen LogP contribution in [0.2, 0.25) is 0 Å². The number of thiazole rings is 1. The van der Waals surface area contributed by atoms with Gasteiger partial charge < -0.3 is 10.8 Å². The number of fused-ring (bicyclic) bond motifs is 1. The molecule has 0 aromatic carbocycles. The van der Waals surface area contributed by atoms with Gasteiger partial charge in [-0.05, 0) is 19.3 Å². The van der Waals surface area contributed by atoms with Crippen molar-refractivity contribution in [2.75, 3.05) is 5.73 Å². The summed E-state index contributed by atoms with van der Waals surface area (Å²) in [5.41, 5.74) is 6.43. The zero-order valence-corrected chi connectivity index (χ0v) is 7.80. The number of rotatable bonds is 1. The van der Waals surface area contributed by atoms with Gasteiger partial charge in [-0.25, -0.2) is 4.98 Å². The lowest BCUT2D eigenvalue weighted by Crippen LogP contribution is -2.16. The molecule has 5 heteroatoms. The van der Waals surface area contributed by atoms with Crippen LogP contribution in [-0.2, 0) is 11.2 Å². The SMILES string of the molecule is Nc1nc2c(s1)[C@@H](C(=O)O)CCC2. The highest BCUT2D eigenvalue weighted by atomic mass is 32.1. The molecule has 0 radical (unpaired) electrons. The van der Waals surface area contributed by atoms with Gasteiger partial charge in [-0.2, -0.15) is 0 Å². The molecule has 0 saturated carbocycles. The molecule has 0 spiro atoms. The molecule has 0 aliphatic heterocycles. The maximum Gasteiger partial charge on any atom is 0.311 e. The summed E-state index contributed by atoms with van der Waals surface area (Å²) in [5.74, 6) is -1.14. The number of carboxylic acids is 1. The number of hydrogen-bond acceptors (Lipinski definition) is 4. The van der Waals surface area contributed by atoms with Gasteiger partial charge in [0, 0.05) is 4.88 Å². The van der Waals surface area contributed by atoms with Gasteiger partial charge in [0.15, 0.2) is 5.13 Å². The molecule has 1 aliphatic carbocycles. The van der Waals surface area contributed by atoms with Crippen LogP contribution in [0.1, 0.15) is 29.3 Å². The Morgan fingerprint density at radius 3 is 3.15 bits per heavy atom. The molecular formula is C8H10N2O2S. The minimum atomic E-state index is -0.760. The van der Waals surface area contributed by atoms with Gasteiger partial charge in [-0.15, -0.1) is 11.3 Å². The average Bonchev–Trinajstić information content (AvgIpc) is 2.43. The number of nitrogens with two attached hydrogens (primary N) is 1. The molecule has 4 nitrogen and oxygen atoms in total. The van der Waals surface area contributed by atoms with E-state index < -0.39 is 5.97 Å². The molecule has 1 aromatic rings. The average molecular weight is 198 g/mol. The first-order chi connectivity index (χ1) is 6.18. The van der Waals surface area contributed by atoms with Gasteiger partial charge in [0.05, 0.1) is 11.6 Å². The molecule has 2 rings (SSSR count). The van der Waals surface area contributed by atoms with Crippen LogP contribution >= 0.6 is 11.3 Å². The second kappa shape index (κ2) is 2.99. The predicted molar refractivity (Wildman–Crippen MR) is 49.8 cm³/mol. The normalized spacial score (nSPS) is 21.1. The summed E-state index contributed by atoms with van der Waals surface area (Å²) in [5, 5.41) is 9.42. The largest absolute Gasteiger partial charge is 0.481 e. The van der Waals surface area contributed by atoms with Gasteiger partial charge in [0.2, 0.25) is 0 Å². The van der Waals surface area contributed by atoms with E-state index in [1.165, 1.54) is 11.3 Å². The highest BCUT2D eigenvalue weighted by Crippen LogP contribution is 2.36. The summed E-state index contributed by atoms with van der Waals surface area (Å²) in [6.45, 7) is 0. The molecular weight excluding hydrogens is 188 g/mol. The summed E-state index contributed by atoms with van der Waals surface area (Å²) in [6, 6.07) is 0. The smallest absolute Gasteiger partial charge is 0.311 e. The van der Waals surface area contributed by atoms with Crippen molar-refractivity contribution in [3.8, 4) is 0 Å². The molecule has 0 unspecified atom stereocenters.